The summed E-state index contributed by atoms with van der Waals surface area (Å²) in [6.07, 6.45) is 0. The largest absolute Gasteiger partial charge is 0.378 e. The van der Waals surface area contributed by atoms with Gasteiger partial charge in [0, 0.05) is 5.88 Å². The van der Waals surface area contributed by atoms with Gasteiger partial charge in [0.05, 0.1) is 145 Å². The van der Waals surface area contributed by atoms with Crippen LogP contribution < -0.4 is 0 Å². The lowest BCUT2D eigenvalue weighted by Crippen LogP contribution is -2.15. The van der Waals surface area contributed by atoms with Gasteiger partial charge in [-0.3, -0.25) is 0 Å². The average molecular weight is 611 g/mol. The molecule has 0 bridgehead atoms. The molecule has 1 aromatic rings. The second-order valence-corrected chi connectivity index (χ2v) is 8.73. The highest BCUT2D eigenvalue weighted by Crippen LogP contribution is 2.00. The van der Waals surface area contributed by atoms with Crippen LogP contribution in [0.3, 0.4) is 0 Å². The van der Waals surface area contributed by atoms with Crippen molar-refractivity contribution in [2.24, 2.45) is 0 Å². The van der Waals surface area contributed by atoms with Crippen molar-refractivity contribution in [1.29, 1.82) is 0 Å². The van der Waals surface area contributed by atoms with Crippen molar-refractivity contribution < 1.29 is 52.1 Å². The van der Waals surface area contributed by atoms with Gasteiger partial charge in [0.15, 0.2) is 0 Å². The molecule has 0 aliphatic heterocycles. The topological polar surface area (TPSA) is 102 Å². The molecule has 41 heavy (non-hydrogen) atoms. The Balaban J connectivity index is 1.61. The van der Waals surface area contributed by atoms with Crippen molar-refractivity contribution >= 4 is 11.6 Å². The fourth-order valence-corrected chi connectivity index (χ4v) is 3.13. The second-order valence-electron chi connectivity index (χ2n) is 8.35. The quantitative estimate of drug-likeness (QED) is 0.0850. The van der Waals surface area contributed by atoms with Crippen LogP contribution in [0.5, 0.6) is 0 Å². The Labute approximate surface area is 250 Å². The van der Waals surface area contributed by atoms with Crippen LogP contribution in [0.15, 0.2) is 30.3 Å². The Morgan fingerprint density at radius 1 is 0.317 bits per heavy atom. The third-order valence-electron chi connectivity index (χ3n) is 5.05. The lowest BCUT2D eigenvalue weighted by molar-refractivity contribution is -0.0276. The zero-order valence-electron chi connectivity index (χ0n) is 24.5. The molecule has 11 nitrogen and oxygen atoms in total. The SMILES string of the molecule is ClCCOCCOCCOCCOCCOCCOCCOCCOCCOCCOCCOCc1ccccc1. The van der Waals surface area contributed by atoms with Crippen molar-refractivity contribution in [2.45, 2.75) is 6.61 Å². The van der Waals surface area contributed by atoms with Gasteiger partial charge in [0.25, 0.3) is 0 Å². The molecule has 0 aliphatic carbocycles. The molecule has 0 fully saturated rings. The first kappa shape index (κ1) is 38.1. The number of halogens is 1. The summed E-state index contributed by atoms with van der Waals surface area (Å²) >= 11 is 5.51. The summed E-state index contributed by atoms with van der Waals surface area (Å²) in [6, 6.07) is 10.1. The van der Waals surface area contributed by atoms with Gasteiger partial charge in [-0.2, -0.15) is 0 Å². The smallest absolute Gasteiger partial charge is 0.0718 e. The van der Waals surface area contributed by atoms with E-state index >= 15 is 0 Å². The van der Waals surface area contributed by atoms with E-state index in [4.69, 9.17) is 63.7 Å². The second kappa shape index (κ2) is 33.6. The first-order valence-electron chi connectivity index (χ1n) is 14.4. The zero-order valence-corrected chi connectivity index (χ0v) is 25.3. The van der Waals surface area contributed by atoms with Gasteiger partial charge >= 0.3 is 0 Å². The molecule has 0 amide bonds. The summed E-state index contributed by atoms with van der Waals surface area (Å²) in [4.78, 5) is 0. The normalized spacial score (nSPS) is 11.4. The predicted octanol–water partition coefficient (Wildman–Crippen LogP) is 2.61. The van der Waals surface area contributed by atoms with E-state index in [9.17, 15) is 0 Å². The first-order valence-corrected chi connectivity index (χ1v) is 14.9. The molecule has 0 N–H and O–H groups in total. The maximum absolute atomic E-state index is 5.56. The predicted molar refractivity (Wildman–Crippen MR) is 155 cm³/mol. The minimum atomic E-state index is 0.499. The van der Waals surface area contributed by atoms with Crippen LogP contribution in [0.1, 0.15) is 5.56 Å². The number of ether oxygens (including phenoxy) is 11. The molecule has 0 spiro atoms. The monoisotopic (exact) mass is 610 g/mol. The summed E-state index contributed by atoms with van der Waals surface area (Å²) < 4.78 is 59.8. The molecule has 0 heterocycles. The van der Waals surface area contributed by atoms with E-state index in [1.807, 2.05) is 30.3 Å². The molecule has 0 unspecified atom stereocenters. The summed E-state index contributed by atoms with van der Waals surface area (Å²) in [5, 5.41) is 0. The molecule has 0 aliphatic rings. The lowest BCUT2D eigenvalue weighted by atomic mass is 10.2. The van der Waals surface area contributed by atoms with E-state index in [0.717, 1.165) is 5.56 Å². The van der Waals surface area contributed by atoms with Crippen LogP contribution in [-0.2, 0) is 58.7 Å². The Morgan fingerprint density at radius 2 is 0.561 bits per heavy atom. The molecule has 0 aromatic heterocycles. The van der Waals surface area contributed by atoms with E-state index < -0.39 is 0 Å². The van der Waals surface area contributed by atoms with E-state index in [-0.39, 0.29) is 0 Å². The van der Waals surface area contributed by atoms with Crippen LogP contribution in [0.25, 0.3) is 0 Å². The number of hydrogen-bond donors (Lipinski definition) is 0. The number of hydrogen-bond acceptors (Lipinski definition) is 11. The number of rotatable bonds is 34. The fraction of sp³-hybridized carbons (Fsp3) is 0.793. The van der Waals surface area contributed by atoms with Crippen LogP contribution in [0.2, 0.25) is 0 Å². The average Bonchev–Trinajstić information content (AvgIpc) is 3.00. The van der Waals surface area contributed by atoms with Gasteiger partial charge in [-0.1, -0.05) is 30.3 Å². The highest BCUT2D eigenvalue weighted by Gasteiger charge is 1.96. The summed E-state index contributed by atoms with van der Waals surface area (Å²) in [5.41, 5.74) is 1.16. The van der Waals surface area contributed by atoms with E-state index in [2.05, 4.69) is 0 Å². The maximum atomic E-state index is 5.56. The van der Waals surface area contributed by atoms with Gasteiger partial charge in [0.1, 0.15) is 0 Å². The fourth-order valence-electron chi connectivity index (χ4n) is 3.02. The molecule has 0 radical (unpaired) electrons. The van der Waals surface area contributed by atoms with Crippen LogP contribution in [0, 0.1) is 0 Å². The highest BCUT2D eigenvalue weighted by atomic mass is 35.5. The van der Waals surface area contributed by atoms with Gasteiger partial charge < -0.3 is 52.1 Å². The van der Waals surface area contributed by atoms with Crippen LogP contribution in [0.4, 0.5) is 0 Å². The molecule has 1 aromatic carbocycles. The Morgan fingerprint density at radius 3 is 0.829 bits per heavy atom. The zero-order chi connectivity index (χ0) is 29.2. The van der Waals surface area contributed by atoms with E-state index in [0.29, 0.717) is 151 Å². The number of alkyl halides is 1. The van der Waals surface area contributed by atoms with Crippen LogP contribution in [-0.4, -0.2) is 145 Å². The molecular weight excluding hydrogens is 560 g/mol. The summed E-state index contributed by atoms with van der Waals surface area (Å²) in [5.74, 6) is 0.499. The third kappa shape index (κ3) is 30.3. The maximum Gasteiger partial charge on any atom is 0.0718 e. The highest BCUT2D eigenvalue weighted by molar-refractivity contribution is 6.17. The van der Waals surface area contributed by atoms with Crippen molar-refractivity contribution in [2.75, 3.05) is 145 Å². The Hall–Kier alpha value is -0.930. The van der Waals surface area contributed by atoms with Crippen molar-refractivity contribution in [3.05, 3.63) is 35.9 Å². The lowest BCUT2D eigenvalue weighted by Gasteiger charge is -2.09. The molecule has 240 valence electrons. The molecular formula is C29H51ClO11. The molecule has 0 atom stereocenters. The Bertz CT molecular complexity index is 616. The standard InChI is InChI=1S/C29H51ClO11/c30-6-7-31-8-9-32-10-11-33-12-13-34-14-15-35-16-17-36-18-19-37-20-21-38-22-23-39-24-25-40-26-27-41-28-29-4-2-1-3-5-29/h1-5H,6-28H2. The van der Waals surface area contributed by atoms with E-state index in [1.165, 1.54) is 0 Å². The first-order chi connectivity index (χ1) is 20.4. The van der Waals surface area contributed by atoms with Gasteiger partial charge in [-0.25, -0.2) is 0 Å². The minimum absolute atomic E-state index is 0.499. The third-order valence-corrected chi connectivity index (χ3v) is 5.21. The van der Waals surface area contributed by atoms with Gasteiger partial charge in [-0.15, -0.1) is 11.6 Å². The van der Waals surface area contributed by atoms with Crippen LogP contribution >= 0.6 is 11.6 Å². The minimum Gasteiger partial charge on any atom is -0.378 e. The summed E-state index contributed by atoms with van der Waals surface area (Å²) in [7, 11) is 0. The molecule has 1 rings (SSSR count). The molecule has 0 saturated carbocycles. The van der Waals surface area contributed by atoms with E-state index in [1.54, 1.807) is 0 Å². The molecule has 12 heteroatoms. The Kier molecular flexibility index (Phi) is 31.2. The number of benzene rings is 1. The molecule has 0 saturated heterocycles. The van der Waals surface area contributed by atoms with Crippen molar-refractivity contribution in [1.82, 2.24) is 0 Å². The van der Waals surface area contributed by atoms with Gasteiger partial charge in [0.2, 0.25) is 0 Å². The summed E-state index contributed by atoms with van der Waals surface area (Å²) in [6.45, 7) is 11.7. The van der Waals surface area contributed by atoms with Gasteiger partial charge in [-0.05, 0) is 5.56 Å². The van der Waals surface area contributed by atoms with Crippen molar-refractivity contribution in [3.63, 3.8) is 0 Å². The van der Waals surface area contributed by atoms with Crippen molar-refractivity contribution in [3.8, 4) is 0 Å².